The summed E-state index contributed by atoms with van der Waals surface area (Å²) in [6, 6.07) is 5.86. The first-order valence-corrected chi connectivity index (χ1v) is 6.56. The van der Waals surface area contributed by atoms with Crippen molar-refractivity contribution in [1.29, 1.82) is 0 Å². The summed E-state index contributed by atoms with van der Waals surface area (Å²) in [7, 11) is 2.55. The summed E-state index contributed by atoms with van der Waals surface area (Å²) in [5.74, 6) is -2.34. The molecule has 0 saturated carbocycles. The van der Waals surface area contributed by atoms with E-state index in [1.807, 2.05) is 13.0 Å². The molecule has 114 valence electrons. The molecule has 0 bridgehead atoms. The predicted molar refractivity (Wildman–Crippen MR) is 76.0 cm³/mol. The SMILES string of the molecule is CCc1cccc(C(=O)N(C)[C@@H](CC(=O)O)C(=O)OC)c1. The number of rotatable bonds is 6. The highest BCUT2D eigenvalue weighted by Crippen LogP contribution is 2.13. The Morgan fingerprint density at radius 2 is 2.00 bits per heavy atom. The Bertz CT molecular complexity index is 541. The van der Waals surface area contributed by atoms with Crippen molar-refractivity contribution < 1.29 is 24.2 Å². The second-order valence-corrected chi connectivity index (χ2v) is 4.61. The van der Waals surface area contributed by atoms with Gasteiger partial charge in [-0.3, -0.25) is 9.59 Å². The number of aliphatic carboxylic acids is 1. The third-order valence-electron chi connectivity index (χ3n) is 3.21. The van der Waals surface area contributed by atoms with Crippen LogP contribution in [0.4, 0.5) is 0 Å². The van der Waals surface area contributed by atoms with Gasteiger partial charge in [-0.15, -0.1) is 0 Å². The fraction of sp³-hybridized carbons (Fsp3) is 0.400. The number of amides is 1. The molecule has 6 heteroatoms. The van der Waals surface area contributed by atoms with Crippen LogP contribution in [0.25, 0.3) is 0 Å². The molecule has 0 spiro atoms. The largest absolute Gasteiger partial charge is 0.481 e. The van der Waals surface area contributed by atoms with Gasteiger partial charge in [0, 0.05) is 12.6 Å². The molecule has 0 aromatic heterocycles. The summed E-state index contributed by atoms with van der Waals surface area (Å²) >= 11 is 0. The van der Waals surface area contributed by atoms with Gasteiger partial charge in [-0.2, -0.15) is 0 Å². The topological polar surface area (TPSA) is 83.9 Å². The number of esters is 1. The average Bonchev–Trinajstić information content (AvgIpc) is 2.50. The Kier molecular flexibility index (Phi) is 5.90. The number of likely N-dealkylation sites (N-methyl/N-ethyl adjacent to an activating group) is 1. The average molecular weight is 293 g/mol. The Hall–Kier alpha value is -2.37. The van der Waals surface area contributed by atoms with E-state index in [0.29, 0.717) is 5.56 Å². The molecular weight excluding hydrogens is 274 g/mol. The Balaban J connectivity index is 3.01. The van der Waals surface area contributed by atoms with Crippen LogP contribution in [0.1, 0.15) is 29.3 Å². The van der Waals surface area contributed by atoms with E-state index in [1.165, 1.54) is 7.05 Å². The summed E-state index contributed by atoms with van der Waals surface area (Å²) in [5.41, 5.74) is 1.40. The molecule has 0 radical (unpaired) electrons. The van der Waals surface area contributed by atoms with Crippen LogP contribution in [0.5, 0.6) is 0 Å². The first kappa shape index (κ1) is 16.7. The minimum Gasteiger partial charge on any atom is -0.481 e. The number of benzene rings is 1. The zero-order chi connectivity index (χ0) is 16.0. The van der Waals surface area contributed by atoms with Gasteiger partial charge in [0.1, 0.15) is 6.04 Å². The van der Waals surface area contributed by atoms with Crippen molar-refractivity contribution in [3.8, 4) is 0 Å². The molecule has 1 aromatic rings. The van der Waals surface area contributed by atoms with Gasteiger partial charge in [0.05, 0.1) is 13.5 Å². The summed E-state index contributed by atoms with van der Waals surface area (Å²) in [6.07, 6.45) is 0.281. The zero-order valence-corrected chi connectivity index (χ0v) is 12.3. The normalized spacial score (nSPS) is 11.6. The van der Waals surface area contributed by atoms with Crippen LogP contribution in [0.15, 0.2) is 24.3 Å². The van der Waals surface area contributed by atoms with Gasteiger partial charge in [-0.1, -0.05) is 19.1 Å². The smallest absolute Gasteiger partial charge is 0.329 e. The number of carboxylic acid groups (broad SMARTS) is 1. The lowest BCUT2D eigenvalue weighted by molar-refractivity contribution is -0.150. The Morgan fingerprint density at radius 1 is 1.33 bits per heavy atom. The fourth-order valence-electron chi connectivity index (χ4n) is 1.95. The van der Waals surface area contributed by atoms with Gasteiger partial charge in [-0.05, 0) is 24.1 Å². The number of methoxy groups -OCH3 is 1. The summed E-state index contributed by atoms with van der Waals surface area (Å²) < 4.78 is 4.57. The van der Waals surface area contributed by atoms with Crippen LogP contribution < -0.4 is 0 Å². The van der Waals surface area contributed by atoms with Crippen molar-refractivity contribution in [3.05, 3.63) is 35.4 Å². The first-order valence-electron chi connectivity index (χ1n) is 6.56. The van der Waals surface area contributed by atoms with Gasteiger partial charge in [-0.25, -0.2) is 4.79 Å². The quantitative estimate of drug-likeness (QED) is 0.800. The highest BCUT2D eigenvalue weighted by Gasteiger charge is 2.30. The number of hydrogen-bond donors (Lipinski definition) is 1. The highest BCUT2D eigenvalue weighted by atomic mass is 16.5. The maximum Gasteiger partial charge on any atom is 0.329 e. The minimum atomic E-state index is -1.17. The van der Waals surface area contributed by atoms with E-state index in [9.17, 15) is 14.4 Å². The molecule has 0 fully saturated rings. The fourth-order valence-corrected chi connectivity index (χ4v) is 1.95. The predicted octanol–water partition coefficient (Wildman–Crippen LogP) is 1.34. The maximum atomic E-state index is 12.4. The molecule has 1 aromatic carbocycles. The summed E-state index contributed by atoms with van der Waals surface area (Å²) in [6.45, 7) is 1.97. The summed E-state index contributed by atoms with van der Waals surface area (Å²) in [4.78, 5) is 36.0. The molecule has 21 heavy (non-hydrogen) atoms. The van der Waals surface area contributed by atoms with Gasteiger partial charge in [0.15, 0.2) is 0 Å². The van der Waals surface area contributed by atoms with E-state index in [0.717, 1.165) is 24.0 Å². The number of aryl methyl sites for hydroxylation is 1. The second-order valence-electron chi connectivity index (χ2n) is 4.61. The molecule has 0 aliphatic heterocycles. The van der Waals surface area contributed by atoms with Crippen molar-refractivity contribution in [2.45, 2.75) is 25.8 Å². The molecule has 1 atom stereocenters. The second kappa shape index (κ2) is 7.42. The molecule has 0 saturated heterocycles. The molecular formula is C15H19NO5. The van der Waals surface area contributed by atoms with Gasteiger partial charge in [0.2, 0.25) is 0 Å². The van der Waals surface area contributed by atoms with Crippen LogP contribution in [0, 0.1) is 0 Å². The lowest BCUT2D eigenvalue weighted by Crippen LogP contribution is -2.44. The van der Waals surface area contributed by atoms with Crippen LogP contribution in [0.3, 0.4) is 0 Å². The minimum absolute atomic E-state index is 0.413. The van der Waals surface area contributed by atoms with E-state index in [-0.39, 0.29) is 0 Å². The van der Waals surface area contributed by atoms with Gasteiger partial charge in [0.25, 0.3) is 5.91 Å². The summed E-state index contributed by atoms with van der Waals surface area (Å²) in [5, 5.41) is 8.87. The van der Waals surface area contributed by atoms with Crippen LogP contribution in [0.2, 0.25) is 0 Å². The van der Waals surface area contributed by atoms with Crippen LogP contribution >= 0.6 is 0 Å². The monoisotopic (exact) mass is 293 g/mol. The van der Waals surface area contributed by atoms with Gasteiger partial charge >= 0.3 is 11.9 Å². The van der Waals surface area contributed by atoms with E-state index in [1.54, 1.807) is 18.2 Å². The third-order valence-corrected chi connectivity index (χ3v) is 3.21. The number of hydrogen-bond acceptors (Lipinski definition) is 4. The molecule has 0 unspecified atom stereocenters. The number of carbonyl (C=O) groups is 3. The van der Waals surface area contributed by atoms with Crippen molar-refractivity contribution >= 4 is 17.8 Å². The molecule has 6 nitrogen and oxygen atoms in total. The van der Waals surface area contributed by atoms with E-state index in [2.05, 4.69) is 4.74 Å². The van der Waals surface area contributed by atoms with Crippen molar-refractivity contribution in [3.63, 3.8) is 0 Å². The lowest BCUT2D eigenvalue weighted by Gasteiger charge is -2.25. The standard InChI is InChI=1S/C15H19NO5/c1-4-10-6-5-7-11(8-10)14(19)16(2)12(9-13(17)18)15(20)21-3/h5-8,12H,4,9H2,1-3H3,(H,17,18)/t12-/m0/s1. The first-order chi connectivity index (χ1) is 9.90. The lowest BCUT2D eigenvalue weighted by atomic mass is 10.1. The third kappa shape index (κ3) is 4.30. The zero-order valence-electron chi connectivity index (χ0n) is 12.3. The molecule has 0 aliphatic rings. The maximum absolute atomic E-state index is 12.4. The molecule has 1 N–H and O–H groups in total. The Labute approximate surface area is 123 Å². The number of ether oxygens (including phenoxy) is 1. The molecule has 0 aliphatic carbocycles. The number of carbonyl (C=O) groups excluding carboxylic acids is 2. The molecule has 1 amide bonds. The number of carboxylic acids is 1. The van der Waals surface area contributed by atoms with E-state index in [4.69, 9.17) is 5.11 Å². The van der Waals surface area contributed by atoms with E-state index >= 15 is 0 Å². The molecule has 0 heterocycles. The number of nitrogens with zero attached hydrogens (tertiary/aromatic N) is 1. The van der Waals surface area contributed by atoms with Crippen molar-refractivity contribution in [2.75, 3.05) is 14.2 Å². The van der Waals surface area contributed by atoms with Gasteiger partial charge < -0.3 is 14.7 Å². The molecule has 1 rings (SSSR count). The van der Waals surface area contributed by atoms with Crippen LogP contribution in [-0.4, -0.2) is 48.1 Å². The Morgan fingerprint density at radius 3 is 2.52 bits per heavy atom. The van der Waals surface area contributed by atoms with Crippen molar-refractivity contribution in [2.24, 2.45) is 0 Å². The van der Waals surface area contributed by atoms with Crippen molar-refractivity contribution in [1.82, 2.24) is 4.90 Å². The van der Waals surface area contributed by atoms with E-state index < -0.39 is 30.3 Å². The highest BCUT2D eigenvalue weighted by molar-refractivity contribution is 5.97. The van der Waals surface area contributed by atoms with Crippen LogP contribution in [-0.2, 0) is 20.7 Å².